The van der Waals surface area contributed by atoms with Crippen LogP contribution in [0.4, 0.5) is 5.82 Å². The number of hydrogen-bond donors (Lipinski definition) is 1. The summed E-state index contributed by atoms with van der Waals surface area (Å²) in [7, 11) is 0. The van der Waals surface area contributed by atoms with Crippen molar-refractivity contribution < 1.29 is 18.8 Å². The van der Waals surface area contributed by atoms with Gasteiger partial charge in [0.1, 0.15) is 34.5 Å². The molecule has 1 aliphatic carbocycles. The Balaban J connectivity index is 1.22. The lowest BCUT2D eigenvalue weighted by atomic mass is 9.95. The van der Waals surface area contributed by atoms with Crippen LogP contribution in [0.1, 0.15) is 53.1 Å². The zero-order chi connectivity index (χ0) is 32.3. The molecule has 234 valence electrons. The number of nitrogens with one attached hydrogen (secondary N) is 1. The van der Waals surface area contributed by atoms with Crippen LogP contribution in [-0.4, -0.2) is 69.5 Å². The van der Waals surface area contributed by atoms with Crippen molar-refractivity contribution in [2.24, 2.45) is 5.41 Å². The summed E-state index contributed by atoms with van der Waals surface area (Å²) >= 11 is 3.37. The fourth-order valence-corrected chi connectivity index (χ4v) is 7.00. The van der Waals surface area contributed by atoms with Gasteiger partial charge in [-0.25, -0.2) is 15.0 Å². The van der Waals surface area contributed by atoms with Crippen molar-refractivity contribution in [1.82, 2.24) is 39.8 Å². The third kappa shape index (κ3) is 5.25. The fourth-order valence-electron chi connectivity index (χ4n) is 6.69. The summed E-state index contributed by atoms with van der Waals surface area (Å²) in [6.45, 7) is 6.90. The molecule has 1 N–H and O–H groups in total. The quantitative estimate of drug-likeness (QED) is 0.183. The molecule has 1 saturated carbocycles. The smallest absolute Gasteiger partial charge is 0.248 e. The maximum absolute atomic E-state index is 14.2. The highest BCUT2D eigenvalue weighted by Crippen LogP contribution is 2.61. The Hall–Kier alpha value is -4.85. The molecule has 0 bridgehead atoms. The number of piperidine rings is 1. The molecule has 2 fully saturated rings. The van der Waals surface area contributed by atoms with Gasteiger partial charge in [0.2, 0.25) is 24.1 Å². The molecule has 5 aromatic rings. The predicted octanol–water partition coefficient (Wildman–Crippen LogP) is 4.40. The van der Waals surface area contributed by atoms with Gasteiger partial charge in [0.15, 0.2) is 5.78 Å². The largest absolute Gasteiger partial charge is 0.428 e. The zero-order valence-electron chi connectivity index (χ0n) is 25.6. The lowest BCUT2D eigenvalue weighted by molar-refractivity contribution is -0.138. The van der Waals surface area contributed by atoms with Crippen LogP contribution in [0.2, 0.25) is 0 Å². The second kappa shape index (κ2) is 11.2. The molecule has 1 aliphatic heterocycles. The number of nitrogens with zero attached hydrogens (tertiary/aromatic N) is 8. The number of halogens is 1. The zero-order valence-corrected chi connectivity index (χ0v) is 27.2. The molecule has 3 atom stereocenters. The summed E-state index contributed by atoms with van der Waals surface area (Å²) in [5.41, 5.74) is 3.87. The highest BCUT2D eigenvalue weighted by atomic mass is 79.9. The van der Waals surface area contributed by atoms with Crippen LogP contribution in [0, 0.1) is 26.2 Å². The van der Waals surface area contributed by atoms with Crippen LogP contribution in [0.3, 0.4) is 0 Å². The number of benzene rings is 1. The number of aromatic nitrogens is 7. The number of likely N-dealkylation sites (tertiary alicyclic amines) is 1. The third-order valence-electron chi connectivity index (χ3n) is 8.99. The van der Waals surface area contributed by atoms with E-state index in [1.54, 1.807) is 28.0 Å². The average molecular weight is 685 g/mol. The van der Waals surface area contributed by atoms with E-state index in [0.717, 1.165) is 22.3 Å². The van der Waals surface area contributed by atoms with Crippen molar-refractivity contribution in [3.8, 4) is 11.1 Å². The van der Waals surface area contributed by atoms with Crippen molar-refractivity contribution >= 4 is 50.2 Å². The Morgan fingerprint density at radius 2 is 1.85 bits per heavy atom. The van der Waals surface area contributed by atoms with Gasteiger partial charge in [-0.1, -0.05) is 6.07 Å². The molecule has 2 amide bonds. The first kappa shape index (κ1) is 29.8. The Morgan fingerprint density at radius 3 is 2.57 bits per heavy atom. The molecule has 2 aliphatic rings. The molecule has 0 unspecified atom stereocenters. The normalized spacial score (nSPS) is 20.2. The number of amides is 2. The average Bonchev–Trinajstić information content (AvgIpc) is 3.35. The van der Waals surface area contributed by atoms with E-state index in [9.17, 15) is 14.4 Å². The van der Waals surface area contributed by atoms with Crippen LogP contribution in [0.25, 0.3) is 22.0 Å². The Kier molecular flexibility index (Phi) is 7.26. The van der Waals surface area contributed by atoms with Crippen molar-refractivity contribution in [3.63, 3.8) is 0 Å². The third-order valence-corrected chi connectivity index (χ3v) is 9.43. The van der Waals surface area contributed by atoms with Gasteiger partial charge in [0.05, 0.1) is 5.52 Å². The Morgan fingerprint density at radius 1 is 1.07 bits per heavy atom. The predicted molar refractivity (Wildman–Crippen MR) is 170 cm³/mol. The molecule has 13 nitrogen and oxygen atoms in total. The number of hydrogen-bond acceptors (Lipinski definition) is 10. The molecular weight excluding hydrogens is 654 g/mol. The number of Topliss-reactive ketones (excluding diaryl/α,β-unsaturated/α-hetero) is 1. The minimum atomic E-state index is -0.752. The van der Waals surface area contributed by atoms with Crippen LogP contribution < -0.4 is 5.32 Å². The van der Waals surface area contributed by atoms with Gasteiger partial charge in [0, 0.05) is 48.1 Å². The van der Waals surface area contributed by atoms with Gasteiger partial charge < -0.3 is 14.6 Å². The van der Waals surface area contributed by atoms with Gasteiger partial charge in [-0.3, -0.25) is 19.1 Å². The van der Waals surface area contributed by atoms with Gasteiger partial charge >= 0.3 is 0 Å². The Bertz CT molecular complexity index is 2030. The second-order valence-electron chi connectivity index (χ2n) is 12.2. The minimum Gasteiger partial charge on any atom is -0.428 e. The molecule has 0 spiro atoms. The first-order chi connectivity index (χ1) is 22.0. The number of ketones is 1. The van der Waals surface area contributed by atoms with Crippen LogP contribution in [0.5, 0.6) is 0 Å². The summed E-state index contributed by atoms with van der Waals surface area (Å²) in [6.07, 6.45) is 6.36. The molecule has 0 radical (unpaired) electrons. The van der Waals surface area contributed by atoms with E-state index >= 15 is 0 Å². The first-order valence-electron chi connectivity index (χ1n) is 14.8. The molecule has 46 heavy (non-hydrogen) atoms. The SMILES string of the molecule is CC(=O)c1nn(CC(=O)N2[C@H](C(=O)Nc3nc(Br)ccc3C)C[C@@]3(Cc4nnco4)C[C@@H]23)c2c(C)cc(-c3cnc(C)nc3)cc12. The van der Waals surface area contributed by atoms with E-state index in [1.165, 1.54) is 13.3 Å². The lowest BCUT2D eigenvalue weighted by Crippen LogP contribution is -2.47. The van der Waals surface area contributed by atoms with Crippen molar-refractivity contribution in [2.75, 3.05) is 5.32 Å². The molecule has 14 heteroatoms. The summed E-state index contributed by atoms with van der Waals surface area (Å²) in [4.78, 5) is 55.5. The van der Waals surface area contributed by atoms with Gasteiger partial charge in [-0.15, -0.1) is 10.2 Å². The van der Waals surface area contributed by atoms with E-state index < -0.39 is 6.04 Å². The molecule has 7 rings (SSSR count). The monoisotopic (exact) mass is 683 g/mol. The minimum absolute atomic E-state index is 0.150. The molecule has 1 aromatic carbocycles. The van der Waals surface area contributed by atoms with Crippen molar-refractivity contribution in [1.29, 1.82) is 0 Å². The maximum Gasteiger partial charge on any atom is 0.248 e. The number of aryl methyl sites for hydroxylation is 3. The van der Waals surface area contributed by atoms with Crippen LogP contribution in [-0.2, 0) is 22.6 Å². The summed E-state index contributed by atoms with van der Waals surface area (Å²) in [6, 6.07) is 6.57. The van der Waals surface area contributed by atoms with Crippen molar-refractivity contribution in [2.45, 2.75) is 65.6 Å². The number of anilines is 1. The summed E-state index contributed by atoms with van der Waals surface area (Å²) in [5, 5.41) is 16.1. The fraction of sp³-hybridized carbons (Fsp3) is 0.344. The van der Waals surface area contributed by atoms with Gasteiger partial charge in [-0.05, 0) is 84.4 Å². The highest BCUT2D eigenvalue weighted by molar-refractivity contribution is 9.10. The van der Waals surface area contributed by atoms with Gasteiger partial charge in [0.25, 0.3) is 0 Å². The van der Waals surface area contributed by atoms with Gasteiger partial charge in [-0.2, -0.15) is 5.10 Å². The summed E-state index contributed by atoms with van der Waals surface area (Å²) < 4.78 is 7.60. The van der Waals surface area contributed by atoms with E-state index in [2.05, 4.69) is 51.5 Å². The number of fused-ring (bicyclic) bond motifs is 2. The van der Waals surface area contributed by atoms with E-state index in [-0.39, 0.29) is 41.3 Å². The topological polar surface area (TPSA) is 162 Å². The van der Waals surface area contributed by atoms with E-state index in [4.69, 9.17) is 4.42 Å². The number of carbonyl (C=O) groups excluding carboxylic acids is 3. The van der Waals surface area contributed by atoms with Crippen LogP contribution in [0.15, 0.2) is 52.1 Å². The molecular formula is C32H30BrN9O4. The molecule has 5 heterocycles. The molecule has 4 aromatic heterocycles. The Labute approximate surface area is 272 Å². The standard InChI is InChI=1S/C32H30BrN9O4/c1-16-5-6-25(33)37-30(16)38-31(45)23-9-32(11-26-39-36-15-46-26)10-24(32)42(23)27(44)14-41-29-17(2)7-20(21-12-34-19(4)35-13-21)8-22(29)28(40-41)18(3)43/h5-8,12-13,15,23-24H,9-11,14H2,1-4H3,(H,37,38,45)/t23-,24+,32-/m0/s1. The number of rotatable bonds is 8. The number of carbonyl (C=O) groups is 3. The van der Waals surface area contributed by atoms with E-state index in [0.29, 0.717) is 52.3 Å². The second-order valence-corrected chi connectivity index (χ2v) is 13.0. The van der Waals surface area contributed by atoms with Crippen molar-refractivity contribution in [3.05, 3.63) is 76.2 Å². The summed E-state index contributed by atoms with van der Waals surface area (Å²) in [5.74, 6) is 0.733. The maximum atomic E-state index is 14.2. The van der Waals surface area contributed by atoms with E-state index in [1.807, 2.05) is 39.0 Å². The first-order valence-corrected chi connectivity index (χ1v) is 15.6. The highest BCUT2D eigenvalue weighted by Gasteiger charge is 2.67. The molecule has 1 saturated heterocycles. The number of pyridine rings is 1. The van der Waals surface area contributed by atoms with Crippen LogP contribution >= 0.6 is 15.9 Å². The lowest BCUT2D eigenvalue weighted by Gasteiger charge is -2.27.